The molecule has 18 heavy (non-hydrogen) atoms. The Balaban J connectivity index is 2.23. The number of rotatable bonds is 0. The monoisotopic (exact) mass is 243 g/mol. The second-order valence-electron chi connectivity index (χ2n) is 4.58. The van der Waals surface area contributed by atoms with Crippen molar-refractivity contribution in [1.82, 2.24) is 0 Å². The molecule has 1 aliphatic heterocycles. The van der Waals surface area contributed by atoms with Gasteiger partial charge < -0.3 is 0 Å². The van der Waals surface area contributed by atoms with Crippen LogP contribution in [0, 0.1) is 0 Å². The van der Waals surface area contributed by atoms with Crippen LogP contribution < -0.4 is 5.19 Å². The molecule has 0 atom stereocenters. The zero-order valence-electron chi connectivity index (χ0n) is 9.85. The quantitative estimate of drug-likeness (QED) is 0.420. The van der Waals surface area contributed by atoms with Gasteiger partial charge in [0, 0.05) is 0 Å². The van der Waals surface area contributed by atoms with Crippen molar-refractivity contribution in [2.75, 3.05) is 0 Å². The smallest absolute Gasteiger partial charge is 0.0614 e. The molecule has 1 heteroatoms. The molecular weight excluding hydrogens is 232 g/mol. The predicted molar refractivity (Wildman–Crippen MR) is 81.9 cm³/mol. The van der Waals surface area contributed by atoms with Crippen molar-refractivity contribution in [3.63, 3.8) is 0 Å². The first-order valence-corrected chi connectivity index (χ1v) is 7.22. The number of hydrogen-bond acceptors (Lipinski definition) is 0. The van der Waals surface area contributed by atoms with Gasteiger partial charge in [-0.05, 0) is 32.3 Å². The summed E-state index contributed by atoms with van der Waals surface area (Å²) in [5, 5.41) is 6.95. The number of allylic oxidation sites excluding steroid dienone is 1. The molecule has 0 aliphatic carbocycles. The molecule has 0 amide bonds. The van der Waals surface area contributed by atoms with E-state index in [2.05, 4.69) is 66.4 Å². The fraction of sp³-hybridized carbons (Fsp3) is 0. The van der Waals surface area contributed by atoms with Crippen molar-refractivity contribution >= 4 is 47.6 Å². The third kappa shape index (κ3) is 1.34. The Kier molecular flexibility index (Phi) is 2.08. The largest absolute Gasteiger partial charge is 0.0766 e. The van der Waals surface area contributed by atoms with E-state index in [1.54, 1.807) is 0 Å². The summed E-state index contributed by atoms with van der Waals surface area (Å²) >= 11 is 0. The van der Waals surface area contributed by atoms with Crippen LogP contribution in [0.15, 0.2) is 54.6 Å². The molecule has 1 radical (unpaired) electrons. The molecule has 83 valence electrons. The summed E-state index contributed by atoms with van der Waals surface area (Å²) in [5.41, 5.74) is 3.63. The van der Waals surface area contributed by atoms with Crippen LogP contribution in [0.3, 0.4) is 0 Å². The average molecular weight is 243 g/mol. The van der Waals surface area contributed by atoms with Crippen LogP contribution in [-0.4, -0.2) is 14.8 Å². The predicted octanol–water partition coefficient (Wildman–Crippen LogP) is 3.15. The molecule has 3 aromatic carbocycles. The van der Waals surface area contributed by atoms with E-state index >= 15 is 0 Å². The lowest BCUT2D eigenvalue weighted by Gasteiger charge is -2.11. The summed E-state index contributed by atoms with van der Waals surface area (Å²) in [4.78, 5) is 0. The van der Waals surface area contributed by atoms with Crippen molar-refractivity contribution in [3.8, 4) is 0 Å². The van der Waals surface area contributed by atoms with E-state index in [1.165, 1.54) is 32.3 Å². The van der Waals surface area contributed by atoms with Crippen molar-refractivity contribution in [3.05, 3.63) is 60.2 Å². The molecule has 0 N–H and O–H groups in total. The van der Waals surface area contributed by atoms with E-state index in [-0.39, 0.29) is 0 Å². The van der Waals surface area contributed by atoms with Crippen LogP contribution in [0.2, 0.25) is 0 Å². The van der Waals surface area contributed by atoms with E-state index in [0.717, 1.165) is 9.13 Å². The second-order valence-corrected chi connectivity index (χ2v) is 5.70. The van der Waals surface area contributed by atoms with Gasteiger partial charge in [0.1, 0.15) is 0 Å². The van der Waals surface area contributed by atoms with Gasteiger partial charge in [0.25, 0.3) is 0 Å². The summed E-state index contributed by atoms with van der Waals surface area (Å²) in [6, 6.07) is 17.6. The third-order valence-electron chi connectivity index (χ3n) is 3.56. The zero-order valence-corrected chi connectivity index (χ0v) is 10.9. The Morgan fingerprint density at radius 2 is 1.61 bits per heavy atom. The first-order valence-electron chi connectivity index (χ1n) is 6.14. The second kappa shape index (κ2) is 3.75. The van der Waals surface area contributed by atoms with E-state index < -0.39 is 0 Å². The number of benzene rings is 3. The molecule has 0 saturated heterocycles. The summed E-state index contributed by atoms with van der Waals surface area (Å²) in [7, 11) is 0.786. The molecule has 0 spiro atoms. The lowest BCUT2D eigenvalue weighted by Crippen LogP contribution is -2.16. The molecule has 1 aliphatic rings. The Bertz CT molecular complexity index is 826. The number of hydrogen-bond donors (Lipinski definition) is 0. The first kappa shape index (κ1) is 9.98. The molecule has 0 unspecified atom stereocenters. The van der Waals surface area contributed by atoms with Gasteiger partial charge >= 0.3 is 0 Å². The topological polar surface area (TPSA) is 0 Å². The van der Waals surface area contributed by atoms with Crippen molar-refractivity contribution in [2.45, 2.75) is 0 Å². The van der Waals surface area contributed by atoms with Crippen LogP contribution in [0.4, 0.5) is 0 Å². The SMILES string of the molecule is C1=Cc2ccc3c(ccc4ccccc43)c2[Si]=C1. The maximum Gasteiger partial charge on any atom is 0.0614 e. The Morgan fingerprint density at radius 1 is 0.722 bits per heavy atom. The van der Waals surface area contributed by atoms with Gasteiger partial charge in [0.15, 0.2) is 0 Å². The first-order chi connectivity index (χ1) is 8.93. The van der Waals surface area contributed by atoms with Crippen molar-refractivity contribution in [1.29, 1.82) is 0 Å². The normalized spacial score (nSPS) is 13.1. The Morgan fingerprint density at radius 3 is 2.61 bits per heavy atom. The minimum atomic E-state index is 0.786. The van der Waals surface area contributed by atoms with Crippen molar-refractivity contribution in [2.24, 2.45) is 0 Å². The van der Waals surface area contributed by atoms with Crippen LogP contribution in [0.25, 0.3) is 27.6 Å². The molecule has 0 nitrogen and oxygen atoms in total. The molecule has 0 saturated carbocycles. The van der Waals surface area contributed by atoms with Crippen molar-refractivity contribution < 1.29 is 0 Å². The van der Waals surface area contributed by atoms with Gasteiger partial charge in [-0.25, -0.2) is 0 Å². The Hall–Kier alpha value is -1.99. The van der Waals surface area contributed by atoms with Crippen LogP contribution in [0.5, 0.6) is 0 Å². The highest BCUT2D eigenvalue weighted by Gasteiger charge is 2.07. The highest BCUT2D eigenvalue weighted by atomic mass is 28.2. The molecule has 4 rings (SSSR count). The summed E-state index contributed by atoms with van der Waals surface area (Å²) < 4.78 is 0. The van der Waals surface area contributed by atoms with Crippen LogP contribution in [-0.2, 0) is 0 Å². The van der Waals surface area contributed by atoms with E-state index in [9.17, 15) is 0 Å². The minimum Gasteiger partial charge on any atom is -0.0766 e. The highest BCUT2D eigenvalue weighted by Crippen LogP contribution is 2.25. The zero-order chi connectivity index (χ0) is 11.9. The molecule has 0 bridgehead atoms. The summed E-state index contributed by atoms with van der Waals surface area (Å²) in [6.07, 6.45) is 4.37. The van der Waals surface area contributed by atoms with Gasteiger partial charge in [0.05, 0.1) is 9.13 Å². The van der Waals surface area contributed by atoms with E-state index in [0.29, 0.717) is 0 Å². The summed E-state index contributed by atoms with van der Waals surface area (Å²) in [6.45, 7) is 0. The molecule has 0 fully saturated rings. The van der Waals surface area contributed by atoms with Gasteiger partial charge in [-0.15, -0.1) is 0 Å². The fourth-order valence-electron chi connectivity index (χ4n) is 2.69. The lowest BCUT2D eigenvalue weighted by atomic mass is 10.00. The summed E-state index contributed by atoms with van der Waals surface area (Å²) in [5.74, 6) is 0. The van der Waals surface area contributed by atoms with Gasteiger partial charge in [-0.3, -0.25) is 0 Å². The van der Waals surface area contributed by atoms with Gasteiger partial charge in [-0.1, -0.05) is 66.4 Å². The van der Waals surface area contributed by atoms with E-state index in [4.69, 9.17) is 0 Å². The Labute approximate surface area is 108 Å². The standard InChI is InChI=1S/C17H11Si/c1-2-6-14-12(4-1)7-10-16-15(14)9-8-13-5-3-11-18-17(13)16/h1-11H. The van der Waals surface area contributed by atoms with Crippen LogP contribution in [0.1, 0.15) is 5.56 Å². The molecular formula is C17H11Si. The fourth-order valence-corrected chi connectivity index (χ4v) is 3.75. The highest BCUT2D eigenvalue weighted by molar-refractivity contribution is 6.67. The van der Waals surface area contributed by atoms with E-state index in [1.807, 2.05) is 0 Å². The average Bonchev–Trinajstić information content (AvgIpc) is 2.46. The van der Waals surface area contributed by atoms with Gasteiger partial charge in [-0.2, -0.15) is 0 Å². The maximum atomic E-state index is 2.27. The minimum absolute atomic E-state index is 0.786. The number of fused-ring (bicyclic) bond motifs is 5. The maximum absolute atomic E-state index is 2.27. The molecule has 1 heterocycles. The van der Waals surface area contributed by atoms with Crippen LogP contribution >= 0.6 is 0 Å². The third-order valence-corrected chi connectivity index (χ3v) is 4.76. The lowest BCUT2D eigenvalue weighted by molar-refractivity contribution is 1.76. The van der Waals surface area contributed by atoms with Gasteiger partial charge in [0.2, 0.25) is 0 Å². The molecule has 0 aromatic heterocycles. The molecule has 3 aromatic rings.